The first-order valence-corrected chi connectivity index (χ1v) is 6.51. The molecule has 0 radical (unpaired) electrons. The van der Waals surface area contributed by atoms with Gasteiger partial charge in [-0.25, -0.2) is 4.68 Å². The number of methoxy groups -OCH3 is 2. The fraction of sp³-hybridized carbons (Fsp3) is 0.188. The van der Waals surface area contributed by atoms with Gasteiger partial charge in [-0.05, 0) is 48.9 Å². The number of aryl methyl sites for hydroxylation is 1. The van der Waals surface area contributed by atoms with Crippen molar-refractivity contribution in [2.24, 2.45) is 0 Å². The van der Waals surface area contributed by atoms with Crippen molar-refractivity contribution in [3.63, 3.8) is 0 Å². The zero-order valence-electron chi connectivity index (χ0n) is 12.1. The number of aromatic nitrogens is 2. The molecule has 5 heteroatoms. The van der Waals surface area contributed by atoms with E-state index in [1.165, 1.54) is 4.68 Å². The second kappa shape index (κ2) is 5.09. The standard InChI is InChI=1S/C16H15FN2O2/c1-10-8-11(20-2)5-7-15(10)19-16(17)13-9-12(21-3)4-6-14(13)18-19/h4-9H,1-3H3. The lowest BCUT2D eigenvalue weighted by atomic mass is 10.2. The molecule has 1 aromatic heterocycles. The molecule has 0 amide bonds. The Balaban J connectivity index is 2.18. The summed E-state index contributed by atoms with van der Waals surface area (Å²) in [4.78, 5) is 0. The number of fused-ring (bicyclic) bond motifs is 1. The molecule has 0 saturated carbocycles. The van der Waals surface area contributed by atoms with E-state index in [1.54, 1.807) is 44.6 Å². The summed E-state index contributed by atoms with van der Waals surface area (Å²) in [6.45, 7) is 1.89. The molecule has 0 saturated heterocycles. The van der Waals surface area contributed by atoms with Crippen LogP contribution >= 0.6 is 0 Å². The molecule has 108 valence electrons. The lowest BCUT2D eigenvalue weighted by molar-refractivity contribution is 0.414. The molecule has 0 aliphatic rings. The molecule has 4 nitrogen and oxygen atoms in total. The van der Waals surface area contributed by atoms with Crippen molar-refractivity contribution in [1.29, 1.82) is 0 Å². The molecule has 3 rings (SSSR count). The summed E-state index contributed by atoms with van der Waals surface area (Å²) in [6, 6.07) is 10.6. The first-order chi connectivity index (χ1) is 10.1. The van der Waals surface area contributed by atoms with Crippen LogP contribution in [0.15, 0.2) is 36.4 Å². The van der Waals surface area contributed by atoms with Crippen LogP contribution in [0, 0.1) is 12.9 Å². The maximum absolute atomic E-state index is 14.6. The highest BCUT2D eigenvalue weighted by Gasteiger charge is 2.15. The third kappa shape index (κ3) is 2.20. The summed E-state index contributed by atoms with van der Waals surface area (Å²) >= 11 is 0. The van der Waals surface area contributed by atoms with Crippen LogP contribution in [0.3, 0.4) is 0 Å². The molecule has 3 aromatic rings. The average Bonchev–Trinajstić information content (AvgIpc) is 2.83. The second-order valence-corrected chi connectivity index (χ2v) is 4.74. The monoisotopic (exact) mass is 286 g/mol. The molecule has 1 heterocycles. The number of halogens is 1. The normalized spacial score (nSPS) is 10.9. The lowest BCUT2D eigenvalue weighted by Gasteiger charge is -2.08. The van der Waals surface area contributed by atoms with E-state index >= 15 is 0 Å². The SMILES string of the molecule is COc1ccc(-n2nc3ccc(OC)cc3c2F)c(C)c1. The van der Waals surface area contributed by atoms with Gasteiger partial charge in [0.05, 0.1) is 30.8 Å². The van der Waals surface area contributed by atoms with E-state index in [0.717, 1.165) is 11.3 Å². The molecule has 0 unspecified atom stereocenters. The molecule has 0 aliphatic carbocycles. The van der Waals surface area contributed by atoms with Crippen LogP contribution in [0.2, 0.25) is 0 Å². The highest BCUT2D eigenvalue weighted by molar-refractivity contribution is 5.81. The molecule has 21 heavy (non-hydrogen) atoms. The van der Waals surface area contributed by atoms with Gasteiger partial charge in [0.25, 0.3) is 0 Å². The molecule has 0 spiro atoms. The van der Waals surface area contributed by atoms with E-state index in [9.17, 15) is 4.39 Å². The molecule has 0 fully saturated rings. The van der Waals surface area contributed by atoms with E-state index in [-0.39, 0.29) is 0 Å². The quantitative estimate of drug-likeness (QED) is 0.739. The van der Waals surface area contributed by atoms with Crippen molar-refractivity contribution in [2.45, 2.75) is 6.92 Å². The van der Waals surface area contributed by atoms with Crippen molar-refractivity contribution in [1.82, 2.24) is 9.78 Å². The first kappa shape index (κ1) is 13.4. The van der Waals surface area contributed by atoms with Crippen molar-refractivity contribution >= 4 is 10.9 Å². The second-order valence-electron chi connectivity index (χ2n) is 4.74. The van der Waals surface area contributed by atoms with Crippen LogP contribution < -0.4 is 9.47 Å². The van der Waals surface area contributed by atoms with Crippen LogP contribution in [0.5, 0.6) is 11.5 Å². The largest absolute Gasteiger partial charge is 0.497 e. The molecule has 0 N–H and O–H groups in total. The van der Waals surface area contributed by atoms with Gasteiger partial charge in [-0.1, -0.05) is 0 Å². The van der Waals surface area contributed by atoms with Crippen LogP contribution in [0.1, 0.15) is 5.56 Å². The van der Waals surface area contributed by atoms with Gasteiger partial charge in [0.2, 0.25) is 5.95 Å². The van der Waals surface area contributed by atoms with Crippen LogP contribution in [-0.4, -0.2) is 24.0 Å². The zero-order valence-corrected chi connectivity index (χ0v) is 12.1. The lowest BCUT2D eigenvalue weighted by Crippen LogP contribution is -2.02. The molecular formula is C16H15FN2O2. The Bertz CT molecular complexity index is 811. The van der Waals surface area contributed by atoms with E-state index in [2.05, 4.69) is 5.10 Å². The van der Waals surface area contributed by atoms with Crippen LogP contribution in [-0.2, 0) is 0 Å². The predicted octanol–water partition coefficient (Wildman–Crippen LogP) is 3.49. The molecule has 2 aromatic carbocycles. The molecular weight excluding hydrogens is 271 g/mol. The van der Waals surface area contributed by atoms with Crippen molar-refractivity contribution in [3.8, 4) is 17.2 Å². The third-order valence-corrected chi connectivity index (χ3v) is 3.45. The van der Waals surface area contributed by atoms with Gasteiger partial charge < -0.3 is 9.47 Å². The smallest absolute Gasteiger partial charge is 0.224 e. The minimum atomic E-state index is -0.405. The van der Waals surface area contributed by atoms with Crippen molar-refractivity contribution < 1.29 is 13.9 Å². The summed E-state index contributed by atoms with van der Waals surface area (Å²) in [6.07, 6.45) is 0. The Labute approximate surface area is 121 Å². The highest BCUT2D eigenvalue weighted by atomic mass is 19.1. The van der Waals surface area contributed by atoms with Crippen molar-refractivity contribution in [2.75, 3.05) is 14.2 Å². The summed E-state index contributed by atoms with van der Waals surface area (Å²) in [5, 5.41) is 4.75. The maximum atomic E-state index is 14.6. The number of nitrogens with zero attached hydrogens (tertiary/aromatic N) is 2. The van der Waals surface area contributed by atoms with Gasteiger partial charge >= 0.3 is 0 Å². The zero-order chi connectivity index (χ0) is 15.0. The van der Waals surface area contributed by atoms with E-state index in [1.807, 2.05) is 13.0 Å². The fourth-order valence-electron chi connectivity index (χ4n) is 2.31. The molecule has 0 aliphatic heterocycles. The fourth-order valence-corrected chi connectivity index (χ4v) is 2.31. The minimum Gasteiger partial charge on any atom is -0.497 e. The summed E-state index contributed by atoms with van der Waals surface area (Å²) in [7, 11) is 3.15. The Morgan fingerprint density at radius 3 is 2.33 bits per heavy atom. The number of rotatable bonds is 3. The van der Waals surface area contributed by atoms with E-state index in [4.69, 9.17) is 9.47 Å². The van der Waals surface area contributed by atoms with Crippen LogP contribution in [0.4, 0.5) is 4.39 Å². The Kier molecular flexibility index (Phi) is 3.25. The van der Waals surface area contributed by atoms with Gasteiger partial charge in [-0.15, -0.1) is 0 Å². The van der Waals surface area contributed by atoms with Crippen LogP contribution in [0.25, 0.3) is 16.6 Å². The van der Waals surface area contributed by atoms with E-state index in [0.29, 0.717) is 22.3 Å². The Morgan fingerprint density at radius 1 is 1.00 bits per heavy atom. The van der Waals surface area contributed by atoms with E-state index < -0.39 is 5.95 Å². The third-order valence-electron chi connectivity index (χ3n) is 3.45. The number of benzene rings is 2. The summed E-state index contributed by atoms with van der Waals surface area (Å²) < 4.78 is 26.2. The molecule has 0 bridgehead atoms. The number of hydrogen-bond donors (Lipinski definition) is 0. The average molecular weight is 286 g/mol. The first-order valence-electron chi connectivity index (χ1n) is 6.51. The minimum absolute atomic E-state index is 0.405. The van der Waals surface area contributed by atoms with Gasteiger partial charge in [-0.2, -0.15) is 9.49 Å². The highest BCUT2D eigenvalue weighted by Crippen LogP contribution is 2.27. The van der Waals surface area contributed by atoms with Gasteiger partial charge in [0.1, 0.15) is 11.5 Å². The number of hydrogen-bond acceptors (Lipinski definition) is 3. The van der Waals surface area contributed by atoms with Gasteiger partial charge in [0, 0.05) is 0 Å². The summed E-state index contributed by atoms with van der Waals surface area (Å²) in [5.41, 5.74) is 2.15. The Hall–Kier alpha value is -2.56. The number of ether oxygens (including phenoxy) is 2. The molecule has 0 atom stereocenters. The summed E-state index contributed by atoms with van der Waals surface area (Å²) in [5.74, 6) is 0.930. The van der Waals surface area contributed by atoms with Gasteiger partial charge in [0.15, 0.2) is 0 Å². The van der Waals surface area contributed by atoms with Crippen molar-refractivity contribution in [3.05, 3.63) is 47.9 Å². The topological polar surface area (TPSA) is 36.3 Å². The Morgan fingerprint density at radius 2 is 1.67 bits per heavy atom. The van der Waals surface area contributed by atoms with Gasteiger partial charge in [-0.3, -0.25) is 0 Å². The maximum Gasteiger partial charge on any atom is 0.224 e. The predicted molar refractivity (Wildman–Crippen MR) is 78.9 cm³/mol.